The third kappa shape index (κ3) is 4.76. The number of halogens is 2. The lowest BCUT2D eigenvalue weighted by molar-refractivity contribution is -0.130. The lowest BCUT2D eigenvalue weighted by Crippen LogP contribution is -2.29. The monoisotopic (exact) mass is 390 g/mol. The first-order valence-electron chi connectivity index (χ1n) is 8.80. The van der Waals surface area contributed by atoms with Crippen LogP contribution in [0.2, 0.25) is 0 Å². The van der Waals surface area contributed by atoms with Crippen molar-refractivity contribution in [2.75, 3.05) is 20.4 Å². The fraction of sp³-hybridized carbons (Fsp3) is 0.300. The standard InChI is InChI=1S/C20H20F2N2O4/c1-24(11-13-4-7-17-18(9-13)28-12-27-17)19(25)3-2-8-23-20(26)15-6-5-14(21)10-16(15)22/h4-7,9-10H,2-3,8,11-12H2,1H3,(H,23,26). The Bertz CT molecular complexity index is 889. The summed E-state index contributed by atoms with van der Waals surface area (Å²) in [4.78, 5) is 25.7. The van der Waals surface area contributed by atoms with Crippen molar-refractivity contribution in [1.82, 2.24) is 10.2 Å². The summed E-state index contributed by atoms with van der Waals surface area (Å²) in [6.07, 6.45) is 0.631. The molecule has 0 aromatic heterocycles. The van der Waals surface area contributed by atoms with Crippen molar-refractivity contribution in [2.24, 2.45) is 0 Å². The maximum Gasteiger partial charge on any atom is 0.254 e. The van der Waals surface area contributed by atoms with E-state index in [-0.39, 0.29) is 31.2 Å². The molecule has 0 atom stereocenters. The van der Waals surface area contributed by atoms with Crippen LogP contribution in [-0.4, -0.2) is 37.1 Å². The van der Waals surface area contributed by atoms with Gasteiger partial charge in [0.25, 0.3) is 5.91 Å². The molecule has 6 nitrogen and oxygen atoms in total. The van der Waals surface area contributed by atoms with Gasteiger partial charge in [-0.25, -0.2) is 8.78 Å². The second-order valence-electron chi connectivity index (χ2n) is 6.42. The number of carbonyl (C=O) groups excluding carboxylic acids is 2. The first-order chi connectivity index (χ1) is 13.4. The Morgan fingerprint density at radius 2 is 1.89 bits per heavy atom. The number of hydrogen-bond donors (Lipinski definition) is 1. The number of rotatable bonds is 7. The van der Waals surface area contributed by atoms with Crippen molar-refractivity contribution >= 4 is 11.8 Å². The Hall–Kier alpha value is -3.16. The summed E-state index contributed by atoms with van der Waals surface area (Å²) in [6.45, 7) is 0.822. The smallest absolute Gasteiger partial charge is 0.254 e. The molecule has 8 heteroatoms. The Morgan fingerprint density at radius 3 is 2.68 bits per heavy atom. The van der Waals surface area contributed by atoms with Crippen LogP contribution in [-0.2, 0) is 11.3 Å². The van der Waals surface area contributed by atoms with Crippen LogP contribution < -0.4 is 14.8 Å². The van der Waals surface area contributed by atoms with Crippen LogP contribution in [0.3, 0.4) is 0 Å². The topological polar surface area (TPSA) is 67.9 Å². The molecule has 0 fully saturated rings. The van der Waals surface area contributed by atoms with E-state index in [0.717, 1.165) is 17.7 Å². The molecule has 2 aromatic rings. The first kappa shape index (κ1) is 19.6. The molecule has 2 amide bonds. The van der Waals surface area contributed by atoms with Gasteiger partial charge in [-0.15, -0.1) is 0 Å². The van der Waals surface area contributed by atoms with Crippen molar-refractivity contribution in [2.45, 2.75) is 19.4 Å². The maximum absolute atomic E-state index is 13.6. The summed E-state index contributed by atoms with van der Waals surface area (Å²) >= 11 is 0. The van der Waals surface area contributed by atoms with Gasteiger partial charge in [-0.3, -0.25) is 9.59 Å². The molecule has 0 aliphatic carbocycles. The zero-order chi connectivity index (χ0) is 20.1. The third-order valence-electron chi connectivity index (χ3n) is 4.31. The van der Waals surface area contributed by atoms with Gasteiger partial charge < -0.3 is 19.7 Å². The minimum Gasteiger partial charge on any atom is -0.454 e. The fourth-order valence-electron chi connectivity index (χ4n) is 2.80. The number of amides is 2. The lowest BCUT2D eigenvalue weighted by atomic mass is 10.1. The molecule has 0 radical (unpaired) electrons. The van der Waals surface area contributed by atoms with Gasteiger partial charge in [-0.05, 0) is 36.2 Å². The average Bonchev–Trinajstić information content (AvgIpc) is 3.12. The van der Waals surface area contributed by atoms with E-state index in [2.05, 4.69) is 5.32 Å². The van der Waals surface area contributed by atoms with Gasteiger partial charge in [0.15, 0.2) is 11.5 Å². The summed E-state index contributed by atoms with van der Waals surface area (Å²) in [7, 11) is 1.69. The summed E-state index contributed by atoms with van der Waals surface area (Å²) in [5.74, 6) is -1.04. The molecule has 1 N–H and O–H groups in total. The van der Waals surface area contributed by atoms with E-state index < -0.39 is 17.5 Å². The SMILES string of the molecule is CN(Cc1ccc2c(c1)OCO2)C(=O)CCCNC(=O)c1ccc(F)cc1F. The Kier molecular flexibility index (Phi) is 6.08. The van der Waals surface area contributed by atoms with Crippen LogP contribution in [0.5, 0.6) is 11.5 Å². The Labute approximate surface area is 161 Å². The van der Waals surface area contributed by atoms with Gasteiger partial charge in [0.05, 0.1) is 5.56 Å². The van der Waals surface area contributed by atoms with E-state index in [1.807, 2.05) is 12.1 Å². The Morgan fingerprint density at radius 1 is 1.11 bits per heavy atom. The van der Waals surface area contributed by atoms with Crippen molar-refractivity contribution in [3.8, 4) is 11.5 Å². The number of nitrogens with one attached hydrogen (secondary N) is 1. The van der Waals surface area contributed by atoms with Crippen LogP contribution in [0.4, 0.5) is 8.78 Å². The number of carbonyl (C=O) groups is 2. The van der Waals surface area contributed by atoms with Gasteiger partial charge >= 0.3 is 0 Å². The van der Waals surface area contributed by atoms with Crippen LogP contribution in [0, 0.1) is 11.6 Å². The molecular formula is C20H20F2N2O4. The van der Waals surface area contributed by atoms with Crippen molar-refractivity contribution < 1.29 is 27.8 Å². The molecule has 1 aliphatic heterocycles. The molecule has 1 aliphatic rings. The number of fused-ring (bicyclic) bond motifs is 1. The van der Waals surface area contributed by atoms with E-state index in [0.29, 0.717) is 30.5 Å². The highest BCUT2D eigenvalue weighted by atomic mass is 19.1. The molecule has 0 spiro atoms. The number of nitrogens with zero attached hydrogens (tertiary/aromatic N) is 1. The van der Waals surface area contributed by atoms with Gasteiger partial charge in [0.2, 0.25) is 12.7 Å². The van der Waals surface area contributed by atoms with Gasteiger partial charge in [-0.2, -0.15) is 0 Å². The summed E-state index contributed by atoms with van der Waals surface area (Å²) in [5.41, 5.74) is 0.688. The predicted octanol–water partition coefficient (Wildman–Crippen LogP) is 2.86. The number of hydrogen-bond acceptors (Lipinski definition) is 4. The summed E-state index contributed by atoms with van der Waals surface area (Å²) in [6, 6.07) is 8.28. The van der Waals surface area contributed by atoms with Crippen molar-refractivity contribution in [3.05, 3.63) is 59.2 Å². The Balaban J connectivity index is 1.42. The maximum atomic E-state index is 13.6. The molecular weight excluding hydrogens is 370 g/mol. The fourth-order valence-corrected chi connectivity index (χ4v) is 2.80. The molecule has 0 bridgehead atoms. The number of benzene rings is 2. The van der Waals surface area contributed by atoms with Gasteiger partial charge in [0.1, 0.15) is 11.6 Å². The van der Waals surface area contributed by atoms with Crippen LogP contribution in [0.1, 0.15) is 28.8 Å². The largest absolute Gasteiger partial charge is 0.454 e. The normalized spacial score (nSPS) is 12.0. The van der Waals surface area contributed by atoms with E-state index in [4.69, 9.17) is 9.47 Å². The molecule has 1 heterocycles. The molecule has 0 unspecified atom stereocenters. The highest BCUT2D eigenvalue weighted by molar-refractivity contribution is 5.94. The van der Waals surface area contributed by atoms with E-state index in [1.54, 1.807) is 18.0 Å². The second-order valence-corrected chi connectivity index (χ2v) is 6.42. The molecule has 0 saturated carbocycles. The highest BCUT2D eigenvalue weighted by Gasteiger charge is 2.16. The van der Waals surface area contributed by atoms with E-state index >= 15 is 0 Å². The molecule has 148 valence electrons. The zero-order valence-corrected chi connectivity index (χ0v) is 15.3. The predicted molar refractivity (Wildman–Crippen MR) is 97.0 cm³/mol. The summed E-state index contributed by atoms with van der Waals surface area (Å²) < 4.78 is 37.0. The van der Waals surface area contributed by atoms with Gasteiger partial charge in [0, 0.05) is 32.6 Å². The first-order valence-corrected chi connectivity index (χ1v) is 8.80. The molecule has 2 aromatic carbocycles. The lowest BCUT2D eigenvalue weighted by Gasteiger charge is -2.17. The molecule has 28 heavy (non-hydrogen) atoms. The summed E-state index contributed by atoms with van der Waals surface area (Å²) in [5, 5.41) is 2.53. The third-order valence-corrected chi connectivity index (χ3v) is 4.31. The van der Waals surface area contributed by atoms with Crippen LogP contribution in [0.15, 0.2) is 36.4 Å². The minimum atomic E-state index is -0.919. The van der Waals surface area contributed by atoms with E-state index in [1.165, 1.54) is 0 Å². The molecule has 0 saturated heterocycles. The van der Waals surface area contributed by atoms with E-state index in [9.17, 15) is 18.4 Å². The van der Waals surface area contributed by atoms with Gasteiger partial charge in [-0.1, -0.05) is 6.07 Å². The minimum absolute atomic E-state index is 0.0834. The number of ether oxygens (including phenoxy) is 2. The second kappa shape index (κ2) is 8.69. The zero-order valence-electron chi connectivity index (χ0n) is 15.3. The van der Waals surface area contributed by atoms with Crippen molar-refractivity contribution in [3.63, 3.8) is 0 Å². The van der Waals surface area contributed by atoms with Crippen LogP contribution in [0.25, 0.3) is 0 Å². The highest BCUT2D eigenvalue weighted by Crippen LogP contribution is 2.32. The average molecular weight is 390 g/mol. The quantitative estimate of drug-likeness (QED) is 0.739. The van der Waals surface area contributed by atoms with Crippen molar-refractivity contribution in [1.29, 1.82) is 0 Å². The molecule has 3 rings (SSSR count). The van der Waals surface area contributed by atoms with Crippen LogP contribution >= 0.6 is 0 Å².